The van der Waals surface area contributed by atoms with Crippen LogP contribution in [0.3, 0.4) is 0 Å². The van der Waals surface area contributed by atoms with E-state index >= 15 is 0 Å². The number of hydrogen-bond donors (Lipinski definition) is 1. The normalized spacial score (nSPS) is 23.8. The Hall–Kier alpha value is -4.44. The van der Waals surface area contributed by atoms with E-state index in [9.17, 15) is 19.2 Å². The summed E-state index contributed by atoms with van der Waals surface area (Å²) < 4.78 is 12.7. The molecular formula is C32H34N4O6. The van der Waals surface area contributed by atoms with Crippen molar-refractivity contribution in [1.29, 1.82) is 0 Å². The van der Waals surface area contributed by atoms with Crippen LogP contribution in [0.25, 0.3) is 0 Å². The minimum atomic E-state index is -1.57. The lowest BCUT2D eigenvalue weighted by atomic mass is 9.75. The number of amides is 4. The molecule has 10 heteroatoms. The summed E-state index contributed by atoms with van der Waals surface area (Å²) >= 11 is 0. The van der Waals surface area contributed by atoms with Crippen LogP contribution in [0.2, 0.25) is 0 Å². The fourth-order valence-electron chi connectivity index (χ4n) is 6.72. The largest absolute Gasteiger partial charge is 0.497 e. The van der Waals surface area contributed by atoms with Crippen LogP contribution in [0, 0.1) is 11.3 Å². The maximum Gasteiger partial charge on any atom is 0.335 e. The van der Waals surface area contributed by atoms with Gasteiger partial charge in [-0.25, -0.2) is 9.69 Å². The molecule has 3 aromatic rings. The summed E-state index contributed by atoms with van der Waals surface area (Å²) in [6.45, 7) is 4.40. The standard InChI is InChI=1S/C32H34N4O6/c1-3-42-26-11-7-21(8-12-26)16-32(20-34-17-22-15-23(19-34)27-5-4-6-28(37)35(27)18-22)29(38)33-31(40)36(30(32)39)24-9-13-25(41-2)14-10-24/h4-14,22-23H,3,15-20H2,1-2H3,(H,33,38,40)/t22-,23-,32-/m1/s1. The van der Waals surface area contributed by atoms with E-state index < -0.39 is 23.3 Å². The number of fused-ring (bicyclic) bond motifs is 4. The van der Waals surface area contributed by atoms with Gasteiger partial charge in [0.15, 0.2) is 0 Å². The third kappa shape index (κ3) is 4.96. The first-order chi connectivity index (χ1) is 20.3. The summed E-state index contributed by atoms with van der Waals surface area (Å²) in [7, 11) is 1.54. The monoisotopic (exact) mass is 570 g/mol. The highest BCUT2D eigenvalue weighted by atomic mass is 16.5. The van der Waals surface area contributed by atoms with Gasteiger partial charge in [0, 0.05) is 43.9 Å². The lowest BCUT2D eigenvalue weighted by molar-refractivity contribution is -0.144. The van der Waals surface area contributed by atoms with Crippen molar-refractivity contribution >= 4 is 23.5 Å². The van der Waals surface area contributed by atoms with Crippen molar-refractivity contribution < 1.29 is 23.9 Å². The van der Waals surface area contributed by atoms with Crippen LogP contribution in [0.1, 0.15) is 30.5 Å². The molecule has 4 heterocycles. The number of pyridine rings is 1. The molecule has 0 unspecified atom stereocenters. The van der Waals surface area contributed by atoms with Gasteiger partial charge >= 0.3 is 6.03 Å². The van der Waals surface area contributed by atoms with Crippen molar-refractivity contribution in [3.63, 3.8) is 0 Å². The number of ether oxygens (including phenoxy) is 2. The average Bonchev–Trinajstić information content (AvgIpc) is 2.98. The summed E-state index contributed by atoms with van der Waals surface area (Å²) in [5.41, 5.74) is 0.547. The van der Waals surface area contributed by atoms with Crippen molar-refractivity contribution in [2.75, 3.05) is 38.3 Å². The van der Waals surface area contributed by atoms with Crippen molar-refractivity contribution in [2.45, 2.75) is 32.2 Å². The zero-order chi connectivity index (χ0) is 29.4. The Labute approximate surface area is 243 Å². The summed E-state index contributed by atoms with van der Waals surface area (Å²) in [5.74, 6) is 0.420. The van der Waals surface area contributed by atoms with Crippen LogP contribution in [0.15, 0.2) is 71.5 Å². The van der Waals surface area contributed by atoms with Gasteiger partial charge in [-0.1, -0.05) is 18.2 Å². The maximum atomic E-state index is 14.5. The molecule has 10 nitrogen and oxygen atoms in total. The number of carbonyl (C=O) groups is 3. The Morgan fingerprint density at radius 1 is 0.905 bits per heavy atom. The molecule has 0 aliphatic carbocycles. The molecule has 2 saturated heterocycles. The number of piperidine rings is 1. The molecule has 3 aliphatic rings. The van der Waals surface area contributed by atoms with Gasteiger partial charge in [0.1, 0.15) is 16.9 Å². The first-order valence-corrected chi connectivity index (χ1v) is 14.3. The number of aromatic nitrogens is 1. The minimum absolute atomic E-state index is 0.00176. The highest BCUT2D eigenvalue weighted by Crippen LogP contribution is 2.39. The molecule has 4 amide bonds. The number of hydrogen-bond acceptors (Lipinski definition) is 7. The topological polar surface area (TPSA) is 110 Å². The van der Waals surface area contributed by atoms with Crippen LogP contribution in [0.4, 0.5) is 10.5 Å². The molecule has 1 N–H and O–H groups in total. The summed E-state index contributed by atoms with van der Waals surface area (Å²) in [6.07, 6.45) is 1.05. The summed E-state index contributed by atoms with van der Waals surface area (Å²) in [6, 6.07) is 18.6. The van der Waals surface area contributed by atoms with Crippen molar-refractivity contribution in [3.05, 3.63) is 88.3 Å². The number of carbonyl (C=O) groups excluding carboxylic acids is 3. The van der Waals surface area contributed by atoms with E-state index in [1.165, 1.54) is 7.11 Å². The van der Waals surface area contributed by atoms with Gasteiger partial charge in [-0.3, -0.25) is 19.7 Å². The third-order valence-electron chi connectivity index (χ3n) is 8.59. The highest BCUT2D eigenvalue weighted by molar-refractivity contribution is 6.30. The first kappa shape index (κ1) is 27.7. The zero-order valence-corrected chi connectivity index (χ0v) is 23.7. The Morgan fingerprint density at radius 3 is 2.36 bits per heavy atom. The number of barbiturate groups is 1. The number of nitrogens with zero attached hydrogens (tertiary/aromatic N) is 3. The molecule has 1 aromatic heterocycles. The molecule has 3 atom stereocenters. The van der Waals surface area contributed by atoms with Gasteiger partial charge in [-0.2, -0.15) is 0 Å². The lowest BCUT2D eigenvalue weighted by Crippen LogP contribution is -2.68. The van der Waals surface area contributed by atoms with Gasteiger partial charge in [-0.05, 0) is 73.7 Å². The van der Waals surface area contributed by atoms with E-state index in [1.807, 2.05) is 41.8 Å². The van der Waals surface area contributed by atoms with E-state index in [2.05, 4.69) is 10.2 Å². The highest BCUT2D eigenvalue weighted by Gasteiger charge is 2.55. The number of urea groups is 1. The van der Waals surface area contributed by atoms with Crippen LogP contribution < -0.4 is 25.2 Å². The Morgan fingerprint density at radius 2 is 1.64 bits per heavy atom. The molecule has 218 valence electrons. The van der Waals surface area contributed by atoms with Crippen LogP contribution in [0.5, 0.6) is 11.5 Å². The van der Waals surface area contributed by atoms with Gasteiger partial charge < -0.3 is 18.9 Å². The molecular weight excluding hydrogens is 536 g/mol. The number of nitrogens with one attached hydrogen (secondary N) is 1. The minimum Gasteiger partial charge on any atom is -0.497 e. The maximum absolute atomic E-state index is 14.5. The van der Waals surface area contributed by atoms with Gasteiger partial charge in [0.05, 0.1) is 19.4 Å². The fraction of sp³-hybridized carbons (Fsp3) is 0.375. The number of imide groups is 2. The molecule has 42 heavy (non-hydrogen) atoms. The molecule has 0 spiro atoms. The number of anilines is 1. The summed E-state index contributed by atoms with van der Waals surface area (Å²) in [4.78, 5) is 57.2. The Bertz CT molecular complexity index is 1570. The van der Waals surface area contributed by atoms with E-state index in [-0.39, 0.29) is 30.4 Å². The van der Waals surface area contributed by atoms with Gasteiger partial charge in [-0.15, -0.1) is 0 Å². The van der Waals surface area contributed by atoms with Crippen LogP contribution in [-0.4, -0.2) is 60.7 Å². The Kier molecular flexibility index (Phi) is 7.32. The van der Waals surface area contributed by atoms with Crippen LogP contribution in [-0.2, 0) is 22.6 Å². The van der Waals surface area contributed by atoms with Crippen LogP contribution >= 0.6 is 0 Å². The van der Waals surface area contributed by atoms with Gasteiger partial charge in [0.25, 0.3) is 11.5 Å². The molecule has 3 aliphatic heterocycles. The second kappa shape index (κ2) is 11.1. The van der Waals surface area contributed by atoms with E-state index in [4.69, 9.17) is 9.47 Å². The smallest absolute Gasteiger partial charge is 0.335 e. The molecule has 6 rings (SSSR count). The number of rotatable bonds is 8. The quantitative estimate of drug-likeness (QED) is 0.414. The first-order valence-electron chi connectivity index (χ1n) is 14.3. The number of benzene rings is 2. The second-order valence-electron chi connectivity index (χ2n) is 11.3. The van der Waals surface area contributed by atoms with Crippen molar-refractivity contribution in [2.24, 2.45) is 11.3 Å². The number of methoxy groups -OCH3 is 1. The van der Waals surface area contributed by atoms with Gasteiger partial charge in [0.2, 0.25) is 5.91 Å². The molecule has 2 aromatic carbocycles. The van der Waals surface area contributed by atoms with Crippen molar-refractivity contribution in [1.82, 2.24) is 14.8 Å². The van der Waals surface area contributed by atoms with E-state index in [1.54, 1.807) is 36.4 Å². The van der Waals surface area contributed by atoms with Crippen molar-refractivity contribution in [3.8, 4) is 11.5 Å². The fourth-order valence-corrected chi connectivity index (χ4v) is 6.72. The Balaban J connectivity index is 1.36. The summed E-state index contributed by atoms with van der Waals surface area (Å²) in [5, 5.41) is 2.49. The third-order valence-corrected chi connectivity index (χ3v) is 8.59. The van der Waals surface area contributed by atoms with E-state index in [0.29, 0.717) is 43.4 Å². The lowest BCUT2D eigenvalue weighted by Gasteiger charge is -2.47. The SMILES string of the molecule is CCOc1ccc(C[C@@]2(CN3C[C@H]4C[C@H](C3)c3cccc(=O)n3C4)C(=O)NC(=O)N(c3ccc(OC)cc3)C2=O)cc1. The average molecular weight is 571 g/mol. The predicted octanol–water partition coefficient (Wildman–Crippen LogP) is 3.19. The zero-order valence-electron chi connectivity index (χ0n) is 23.7. The molecule has 2 fully saturated rings. The molecule has 0 radical (unpaired) electrons. The molecule has 0 saturated carbocycles. The van der Waals surface area contributed by atoms with E-state index in [0.717, 1.165) is 22.6 Å². The molecule has 2 bridgehead atoms. The predicted molar refractivity (Wildman–Crippen MR) is 156 cm³/mol. The second-order valence-corrected chi connectivity index (χ2v) is 11.3. The number of likely N-dealkylation sites (tertiary alicyclic amines) is 1.